The van der Waals surface area contributed by atoms with Crippen LogP contribution >= 0.6 is 0 Å². The number of likely N-dealkylation sites (N-methyl/N-ethyl adjacent to an activating group) is 1. The summed E-state index contributed by atoms with van der Waals surface area (Å²) in [5.74, 6) is 1.79. The van der Waals surface area contributed by atoms with E-state index in [0.29, 0.717) is 0 Å². The molecular formula is C15H24N2O2. The Kier molecular flexibility index (Phi) is 5.05. The van der Waals surface area contributed by atoms with Crippen LogP contribution in [0.15, 0.2) is 18.2 Å². The summed E-state index contributed by atoms with van der Waals surface area (Å²) in [6, 6.07) is 6.24. The van der Waals surface area contributed by atoms with E-state index in [2.05, 4.69) is 16.3 Å². The number of ether oxygens (including phenoxy) is 2. The highest BCUT2D eigenvalue weighted by molar-refractivity contribution is 5.42. The van der Waals surface area contributed by atoms with Crippen molar-refractivity contribution >= 4 is 0 Å². The quantitative estimate of drug-likeness (QED) is 0.853. The predicted octanol–water partition coefficient (Wildman–Crippen LogP) is 2.06. The Hall–Kier alpha value is -1.26. The lowest BCUT2D eigenvalue weighted by atomic mass is 10.0. The van der Waals surface area contributed by atoms with Gasteiger partial charge in [-0.2, -0.15) is 0 Å². The smallest absolute Gasteiger partial charge is 0.123 e. The van der Waals surface area contributed by atoms with Crippen molar-refractivity contribution in [3.05, 3.63) is 23.8 Å². The van der Waals surface area contributed by atoms with Gasteiger partial charge in [0.1, 0.15) is 11.5 Å². The summed E-state index contributed by atoms with van der Waals surface area (Å²) in [6.45, 7) is 3.41. The van der Waals surface area contributed by atoms with Crippen LogP contribution in [0.4, 0.5) is 0 Å². The third kappa shape index (κ3) is 3.39. The molecule has 0 amide bonds. The van der Waals surface area contributed by atoms with Gasteiger partial charge in [0.2, 0.25) is 0 Å². The van der Waals surface area contributed by atoms with E-state index in [9.17, 15) is 0 Å². The fraction of sp³-hybridized carbons (Fsp3) is 0.600. The lowest BCUT2D eigenvalue weighted by molar-refractivity contribution is 0.293. The van der Waals surface area contributed by atoms with Gasteiger partial charge in [0, 0.05) is 18.2 Å². The number of hydrogen-bond acceptors (Lipinski definition) is 4. The SMILES string of the molecule is CNC(CN1CCCC1)c1cc(OC)ccc1OC. The summed E-state index contributed by atoms with van der Waals surface area (Å²) in [5.41, 5.74) is 1.16. The van der Waals surface area contributed by atoms with Gasteiger partial charge in [0.25, 0.3) is 0 Å². The highest BCUT2D eigenvalue weighted by atomic mass is 16.5. The maximum atomic E-state index is 5.48. The summed E-state index contributed by atoms with van der Waals surface area (Å²) >= 11 is 0. The molecule has 1 atom stereocenters. The highest BCUT2D eigenvalue weighted by Crippen LogP contribution is 2.30. The minimum absolute atomic E-state index is 0.267. The zero-order chi connectivity index (χ0) is 13.7. The Morgan fingerprint density at radius 2 is 1.95 bits per heavy atom. The molecule has 106 valence electrons. The average Bonchev–Trinajstić information content (AvgIpc) is 2.97. The molecule has 0 radical (unpaired) electrons. The normalized spacial score (nSPS) is 17.4. The Bertz CT molecular complexity index is 403. The van der Waals surface area contributed by atoms with E-state index < -0.39 is 0 Å². The molecule has 19 heavy (non-hydrogen) atoms. The molecule has 0 aliphatic carbocycles. The van der Waals surface area contributed by atoms with Crippen LogP contribution in [0.1, 0.15) is 24.4 Å². The molecule has 1 aliphatic rings. The third-order valence-corrected chi connectivity index (χ3v) is 3.80. The second-order valence-electron chi connectivity index (χ2n) is 4.96. The van der Waals surface area contributed by atoms with E-state index in [1.165, 1.54) is 25.9 Å². The van der Waals surface area contributed by atoms with Gasteiger partial charge in [-0.05, 0) is 51.2 Å². The maximum Gasteiger partial charge on any atom is 0.123 e. The fourth-order valence-corrected chi connectivity index (χ4v) is 2.68. The predicted molar refractivity (Wildman–Crippen MR) is 77.0 cm³/mol. The van der Waals surface area contributed by atoms with E-state index in [0.717, 1.165) is 23.6 Å². The Morgan fingerprint density at radius 3 is 2.53 bits per heavy atom. The zero-order valence-electron chi connectivity index (χ0n) is 12.1. The molecule has 1 unspecified atom stereocenters. The molecule has 0 bridgehead atoms. The van der Waals surface area contributed by atoms with Crippen LogP contribution in [0.2, 0.25) is 0 Å². The molecule has 2 rings (SSSR count). The maximum absolute atomic E-state index is 5.48. The van der Waals surface area contributed by atoms with Gasteiger partial charge < -0.3 is 19.7 Å². The first-order chi connectivity index (χ1) is 9.28. The van der Waals surface area contributed by atoms with Crippen molar-refractivity contribution in [1.82, 2.24) is 10.2 Å². The van der Waals surface area contributed by atoms with Gasteiger partial charge in [-0.3, -0.25) is 0 Å². The first kappa shape index (κ1) is 14.2. The monoisotopic (exact) mass is 264 g/mol. The zero-order valence-corrected chi connectivity index (χ0v) is 12.1. The van der Waals surface area contributed by atoms with Crippen LogP contribution in [-0.2, 0) is 0 Å². The summed E-state index contributed by atoms with van der Waals surface area (Å²) in [4.78, 5) is 2.50. The van der Waals surface area contributed by atoms with Crippen LogP contribution in [0, 0.1) is 0 Å². The minimum Gasteiger partial charge on any atom is -0.497 e. The molecule has 1 saturated heterocycles. The first-order valence-electron chi connectivity index (χ1n) is 6.90. The van der Waals surface area contributed by atoms with Crippen molar-refractivity contribution in [2.45, 2.75) is 18.9 Å². The largest absolute Gasteiger partial charge is 0.497 e. The number of nitrogens with zero attached hydrogens (tertiary/aromatic N) is 1. The van der Waals surface area contributed by atoms with Gasteiger partial charge in [0.15, 0.2) is 0 Å². The Morgan fingerprint density at radius 1 is 1.21 bits per heavy atom. The number of rotatable bonds is 6. The lowest BCUT2D eigenvalue weighted by Crippen LogP contribution is -2.32. The van der Waals surface area contributed by atoms with Gasteiger partial charge in [0.05, 0.1) is 14.2 Å². The molecule has 4 nitrogen and oxygen atoms in total. The number of methoxy groups -OCH3 is 2. The molecule has 1 N–H and O–H groups in total. The van der Waals surface area contributed by atoms with Gasteiger partial charge in [-0.15, -0.1) is 0 Å². The van der Waals surface area contributed by atoms with Gasteiger partial charge in [-0.25, -0.2) is 0 Å². The van der Waals surface area contributed by atoms with Crippen molar-refractivity contribution in [3.63, 3.8) is 0 Å². The number of nitrogens with one attached hydrogen (secondary N) is 1. The molecule has 1 aromatic rings. The van der Waals surface area contributed by atoms with Crippen LogP contribution in [-0.4, -0.2) is 45.8 Å². The minimum atomic E-state index is 0.267. The van der Waals surface area contributed by atoms with E-state index in [4.69, 9.17) is 9.47 Å². The number of likely N-dealkylation sites (tertiary alicyclic amines) is 1. The second-order valence-corrected chi connectivity index (χ2v) is 4.96. The van der Waals surface area contributed by atoms with Crippen LogP contribution in [0.3, 0.4) is 0 Å². The number of benzene rings is 1. The van der Waals surface area contributed by atoms with Crippen LogP contribution in [0.5, 0.6) is 11.5 Å². The van der Waals surface area contributed by atoms with Crippen molar-refractivity contribution in [2.24, 2.45) is 0 Å². The molecule has 1 heterocycles. The summed E-state index contributed by atoms with van der Waals surface area (Å²) < 4.78 is 10.8. The topological polar surface area (TPSA) is 33.7 Å². The van der Waals surface area contributed by atoms with Gasteiger partial charge >= 0.3 is 0 Å². The van der Waals surface area contributed by atoms with Crippen molar-refractivity contribution in [3.8, 4) is 11.5 Å². The lowest BCUT2D eigenvalue weighted by Gasteiger charge is -2.25. The molecule has 0 saturated carbocycles. The number of hydrogen-bond donors (Lipinski definition) is 1. The van der Waals surface area contributed by atoms with Crippen molar-refractivity contribution < 1.29 is 9.47 Å². The molecule has 1 aliphatic heterocycles. The van der Waals surface area contributed by atoms with E-state index in [-0.39, 0.29) is 6.04 Å². The fourth-order valence-electron chi connectivity index (χ4n) is 2.68. The Labute approximate surface area is 115 Å². The summed E-state index contributed by atoms with van der Waals surface area (Å²) in [7, 11) is 5.41. The third-order valence-electron chi connectivity index (χ3n) is 3.80. The second kappa shape index (κ2) is 6.78. The molecule has 0 spiro atoms. The summed E-state index contributed by atoms with van der Waals surface area (Å²) in [5, 5.41) is 3.39. The molecular weight excluding hydrogens is 240 g/mol. The highest BCUT2D eigenvalue weighted by Gasteiger charge is 2.20. The van der Waals surface area contributed by atoms with Crippen LogP contribution in [0.25, 0.3) is 0 Å². The van der Waals surface area contributed by atoms with Gasteiger partial charge in [-0.1, -0.05) is 0 Å². The van der Waals surface area contributed by atoms with E-state index >= 15 is 0 Å². The Balaban J connectivity index is 2.19. The average molecular weight is 264 g/mol. The first-order valence-corrected chi connectivity index (χ1v) is 6.90. The van der Waals surface area contributed by atoms with E-state index in [1.807, 2.05) is 19.2 Å². The summed E-state index contributed by atoms with van der Waals surface area (Å²) in [6.07, 6.45) is 2.62. The van der Waals surface area contributed by atoms with Crippen molar-refractivity contribution in [1.29, 1.82) is 0 Å². The standard InChI is InChI=1S/C15H24N2O2/c1-16-14(11-17-8-4-5-9-17)13-10-12(18-2)6-7-15(13)19-3/h6-7,10,14,16H,4-5,8-9,11H2,1-3H3. The molecule has 1 aromatic carbocycles. The molecule has 1 fully saturated rings. The molecule has 4 heteroatoms. The molecule has 0 aromatic heterocycles. The van der Waals surface area contributed by atoms with Crippen molar-refractivity contribution in [2.75, 3.05) is 40.9 Å². The van der Waals surface area contributed by atoms with Crippen LogP contribution < -0.4 is 14.8 Å². The van der Waals surface area contributed by atoms with E-state index in [1.54, 1.807) is 14.2 Å².